The van der Waals surface area contributed by atoms with Crippen molar-refractivity contribution in [2.24, 2.45) is 0 Å². The first-order valence-corrected chi connectivity index (χ1v) is 6.05. The van der Waals surface area contributed by atoms with Gasteiger partial charge in [0.1, 0.15) is 0 Å². The van der Waals surface area contributed by atoms with Gasteiger partial charge in [-0.1, -0.05) is 38.8 Å². The molecule has 1 aromatic rings. The number of hydrogen-bond donors (Lipinski definition) is 1. The van der Waals surface area contributed by atoms with Crippen LogP contribution in [0.15, 0.2) is 28.7 Å². The Labute approximate surface area is 100 Å². The summed E-state index contributed by atoms with van der Waals surface area (Å²) in [6.45, 7) is 1.96. The molecule has 0 aliphatic heterocycles. The maximum atomic E-state index is 11.5. The highest BCUT2D eigenvalue weighted by atomic mass is 79.9. The van der Waals surface area contributed by atoms with Crippen LogP contribution in [0.1, 0.15) is 13.3 Å². The Balaban J connectivity index is 2.60. The highest BCUT2D eigenvalue weighted by molar-refractivity contribution is 9.10. The van der Waals surface area contributed by atoms with Crippen molar-refractivity contribution in [3.63, 3.8) is 0 Å². The Morgan fingerprint density at radius 1 is 1.43 bits per heavy atom. The van der Waals surface area contributed by atoms with Crippen LogP contribution in [0.4, 0.5) is 5.69 Å². The average Bonchev–Trinajstić information content (AvgIpc) is 2.20. The van der Waals surface area contributed by atoms with Crippen molar-refractivity contribution in [3.05, 3.63) is 28.7 Å². The smallest absolute Gasteiger partial charge is 0.238 e. The van der Waals surface area contributed by atoms with Crippen molar-refractivity contribution >= 4 is 43.5 Å². The van der Waals surface area contributed by atoms with E-state index in [0.717, 1.165) is 16.6 Å². The van der Waals surface area contributed by atoms with Crippen molar-refractivity contribution in [2.75, 3.05) is 5.32 Å². The first-order valence-electron chi connectivity index (χ1n) is 4.34. The van der Waals surface area contributed by atoms with Crippen LogP contribution in [-0.2, 0) is 4.79 Å². The lowest BCUT2D eigenvalue weighted by molar-refractivity contribution is -0.115. The molecule has 0 radical (unpaired) electrons. The number of benzene rings is 1. The molecule has 0 saturated heterocycles. The number of amides is 1. The zero-order valence-electron chi connectivity index (χ0n) is 7.76. The molecule has 0 saturated carbocycles. The molecular formula is C10H11Br2NO. The lowest BCUT2D eigenvalue weighted by Gasteiger charge is -2.08. The van der Waals surface area contributed by atoms with Gasteiger partial charge >= 0.3 is 0 Å². The summed E-state index contributed by atoms with van der Waals surface area (Å²) >= 11 is 6.63. The standard InChI is InChI=1S/C10H11Br2NO/c1-2-9(12)10(14)13-8-5-3-7(11)4-6-8/h3-6,9H,2H2,1H3,(H,13,14)/t9-/m1/s1. The number of anilines is 1. The topological polar surface area (TPSA) is 29.1 Å². The maximum absolute atomic E-state index is 11.5. The normalized spacial score (nSPS) is 12.2. The molecule has 0 aromatic heterocycles. The third kappa shape index (κ3) is 3.42. The van der Waals surface area contributed by atoms with Crippen LogP contribution in [0.5, 0.6) is 0 Å². The van der Waals surface area contributed by atoms with E-state index >= 15 is 0 Å². The lowest BCUT2D eigenvalue weighted by Crippen LogP contribution is -2.21. The molecule has 0 aliphatic rings. The third-order valence-electron chi connectivity index (χ3n) is 1.75. The molecular weight excluding hydrogens is 310 g/mol. The summed E-state index contributed by atoms with van der Waals surface area (Å²) in [6.07, 6.45) is 0.780. The van der Waals surface area contributed by atoms with Gasteiger partial charge < -0.3 is 5.32 Å². The number of alkyl halides is 1. The van der Waals surface area contributed by atoms with Crippen LogP contribution in [0.3, 0.4) is 0 Å². The zero-order chi connectivity index (χ0) is 10.6. The molecule has 1 aromatic carbocycles. The molecule has 2 nitrogen and oxygen atoms in total. The summed E-state index contributed by atoms with van der Waals surface area (Å²) in [7, 11) is 0. The number of carbonyl (C=O) groups excluding carboxylic acids is 1. The van der Waals surface area contributed by atoms with Crippen molar-refractivity contribution in [1.29, 1.82) is 0 Å². The maximum Gasteiger partial charge on any atom is 0.238 e. The Morgan fingerprint density at radius 3 is 2.50 bits per heavy atom. The van der Waals surface area contributed by atoms with Gasteiger partial charge in [0.25, 0.3) is 0 Å². The molecule has 0 bridgehead atoms. The van der Waals surface area contributed by atoms with Crippen LogP contribution in [0.25, 0.3) is 0 Å². The van der Waals surface area contributed by atoms with Crippen molar-refractivity contribution in [3.8, 4) is 0 Å². The second-order valence-corrected chi connectivity index (χ2v) is 4.89. The molecule has 0 heterocycles. The first kappa shape index (κ1) is 11.7. The molecule has 1 atom stereocenters. The SMILES string of the molecule is CC[C@@H](Br)C(=O)Nc1ccc(Br)cc1. The molecule has 0 fully saturated rings. The summed E-state index contributed by atoms with van der Waals surface area (Å²) in [6, 6.07) is 7.50. The monoisotopic (exact) mass is 319 g/mol. The molecule has 0 spiro atoms. The summed E-state index contributed by atoms with van der Waals surface area (Å²) in [5, 5.41) is 2.81. The van der Waals surface area contributed by atoms with Gasteiger partial charge in [-0.2, -0.15) is 0 Å². The number of rotatable bonds is 3. The van der Waals surface area contributed by atoms with Gasteiger partial charge in [0.2, 0.25) is 5.91 Å². The number of halogens is 2. The largest absolute Gasteiger partial charge is 0.325 e. The van der Waals surface area contributed by atoms with Crippen LogP contribution < -0.4 is 5.32 Å². The Hall–Kier alpha value is -0.350. The number of nitrogens with one attached hydrogen (secondary N) is 1. The lowest BCUT2D eigenvalue weighted by atomic mass is 10.3. The quantitative estimate of drug-likeness (QED) is 0.848. The third-order valence-corrected chi connectivity index (χ3v) is 3.35. The minimum atomic E-state index is -0.119. The van der Waals surface area contributed by atoms with Gasteiger partial charge in [0, 0.05) is 10.2 Å². The van der Waals surface area contributed by atoms with Crippen LogP contribution >= 0.6 is 31.9 Å². The minimum absolute atomic E-state index is 0.00479. The zero-order valence-corrected chi connectivity index (χ0v) is 10.9. The Kier molecular flexibility index (Phi) is 4.62. The van der Waals surface area contributed by atoms with E-state index in [0.29, 0.717) is 0 Å². The van der Waals surface area contributed by atoms with E-state index in [9.17, 15) is 4.79 Å². The molecule has 76 valence electrons. The van der Waals surface area contributed by atoms with Gasteiger partial charge in [-0.15, -0.1) is 0 Å². The molecule has 0 aliphatic carbocycles. The van der Waals surface area contributed by atoms with E-state index in [1.807, 2.05) is 31.2 Å². The Bertz CT molecular complexity index is 310. The van der Waals surface area contributed by atoms with Gasteiger partial charge in [-0.05, 0) is 30.7 Å². The van der Waals surface area contributed by atoms with Crippen LogP contribution in [0.2, 0.25) is 0 Å². The number of carbonyl (C=O) groups is 1. The average molecular weight is 321 g/mol. The van der Waals surface area contributed by atoms with E-state index in [4.69, 9.17) is 0 Å². The highest BCUT2D eigenvalue weighted by Gasteiger charge is 2.11. The Morgan fingerprint density at radius 2 is 2.00 bits per heavy atom. The summed E-state index contributed by atoms with van der Waals surface area (Å²) in [4.78, 5) is 11.3. The van der Waals surface area contributed by atoms with E-state index in [2.05, 4.69) is 37.2 Å². The van der Waals surface area contributed by atoms with Crippen molar-refractivity contribution < 1.29 is 4.79 Å². The second kappa shape index (κ2) is 5.51. The van der Waals surface area contributed by atoms with Gasteiger partial charge in [-0.25, -0.2) is 0 Å². The molecule has 1 amide bonds. The summed E-state index contributed by atoms with van der Waals surface area (Å²) in [5.74, 6) is -0.00479. The molecule has 4 heteroatoms. The minimum Gasteiger partial charge on any atom is -0.325 e. The molecule has 1 rings (SSSR count). The fourth-order valence-electron chi connectivity index (χ4n) is 0.939. The fourth-order valence-corrected chi connectivity index (χ4v) is 1.32. The van der Waals surface area contributed by atoms with Gasteiger partial charge in [0.05, 0.1) is 4.83 Å². The molecule has 0 unspecified atom stereocenters. The predicted octanol–water partition coefficient (Wildman–Crippen LogP) is 3.56. The number of hydrogen-bond acceptors (Lipinski definition) is 1. The van der Waals surface area contributed by atoms with Crippen molar-refractivity contribution in [2.45, 2.75) is 18.2 Å². The van der Waals surface area contributed by atoms with Crippen LogP contribution in [0, 0.1) is 0 Å². The predicted molar refractivity (Wildman–Crippen MR) is 65.8 cm³/mol. The summed E-state index contributed by atoms with van der Waals surface area (Å²) < 4.78 is 1.00. The van der Waals surface area contributed by atoms with E-state index in [-0.39, 0.29) is 10.7 Å². The van der Waals surface area contributed by atoms with Crippen LogP contribution in [-0.4, -0.2) is 10.7 Å². The van der Waals surface area contributed by atoms with E-state index in [1.165, 1.54) is 0 Å². The van der Waals surface area contributed by atoms with Gasteiger partial charge in [0.15, 0.2) is 0 Å². The second-order valence-electron chi connectivity index (χ2n) is 2.87. The molecule has 14 heavy (non-hydrogen) atoms. The first-order chi connectivity index (χ1) is 6.63. The molecule has 1 N–H and O–H groups in total. The van der Waals surface area contributed by atoms with Gasteiger partial charge in [-0.3, -0.25) is 4.79 Å². The highest BCUT2D eigenvalue weighted by Crippen LogP contribution is 2.15. The fraction of sp³-hybridized carbons (Fsp3) is 0.300. The van der Waals surface area contributed by atoms with E-state index < -0.39 is 0 Å². The van der Waals surface area contributed by atoms with E-state index in [1.54, 1.807) is 0 Å². The van der Waals surface area contributed by atoms with Crippen molar-refractivity contribution in [1.82, 2.24) is 0 Å². The summed E-state index contributed by atoms with van der Waals surface area (Å²) in [5.41, 5.74) is 0.816.